The van der Waals surface area contributed by atoms with Crippen LogP contribution >= 0.6 is 36.4 Å². The van der Waals surface area contributed by atoms with Crippen LogP contribution in [0.15, 0.2) is 35.0 Å². The van der Waals surface area contributed by atoms with E-state index in [2.05, 4.69) is 25.0 Å². The van der Waals surface area contributed by atoms with Gasteiger partial charge < -0.3 is 15.2 Å². The van der Waals surface area contributed by atoms with Gasteiger partial charge in [-0.3, -0.25) is 4.90 Å². The van der Waals surface area contributed by atoms with E-state index >= 15 is 0 Å². The zero-order chi connectivity index (χ0) is 17.2. The zero-order valence-electron chi connectivity index (χ0n) is 14.5. The predicted octanol–water partition coefficient (Wildman–Crippen LogP) is 3.75. The minimum absolute atomic E-state index is 0. The van der Waals surface area contributed by atoms with Crippen molar-refractivity contribution in [2.45, 2.75) is 32.0 Å². The Hall–Kier alpha value is -1.64. The van der Waals surface area contributed by atoms with Gasteiger partial charge in [0, 0.05) is 5.02 Å². The number of hydrogen-bond donors (Lipinski definition) is 2. The molecule has 0 spiro atoms. The van der Waals surface area contributed by atoms with Crippen LogP contribution in [0.3, 0.4) is 0 Å². The zero-order valence-corrected chi connectivity index (χ0v) is 16.9. The summed E-state index contributed by atoms with van der Waals surface area (Å²) in [6, 6.07) is 7.95. The first-order valence-corrected chi connectivity index (χ1v) is 8.67. The number of aromatic amines is 1. The lowest BCUT2D eigenvalue weighted by atomic mass is 10.2. The summed E-state index contributed by atoms with van der Waals surface area (Å²) >= 11 is 5.96. The fourth-order valence-electron chi connectivity index (χ4n) is 3.23. The number of nitrogens with two attached hydrogens (primary N) is 1. The Morgan fingerprint density at radius 3 is 2.74 bits per heavy atom. The van der Waals surface area contributed by atoms with E-state index in [9.17, 15) is 0 Å². The second kappa shape index (κ2) is 9.52. The molecule has 0 radical (unpaired) electrons. The number of rotatable bonds is 5. The molecule has 3 N–H and O–H groups in total. The summed E-state index contributed by atoms with van der Waals surface area (Å²) in [7, 11) is 0. The highest BCUT2D eigenvalue weighted by molar-refractivity contribution is 6.30. The van der Waals surface area contributed by atoms with Crippen LogP contribution in [0.5, 0.6) is 0 Å². The van der Waals surface area contributed by atoms with Gasteiger partial charge in [0.2, 0.25) is 5.89 Å². The van der Waals surface area contributed by atoms with E-state index in [1.165, 1.54) is 0 Å². The van der Waals surface area contributed by atoms with Crippen LogP contribution in [0.2, 0.25) is 5.02 Å². The number of nitrogens with zero attached hydrogens (tertiary/aromatic N) is 4. The van der Waals surface area contributed by atoms with Crippen LogP contribution in [0.1, 0.15) is 36.4 Å². The number of imidazole rings is 1. The second-order valence-corrected chi connectivity index (χ2v) is 6.56. The van der Waals surface area contributed by atoms with Crippen molar-refractivity contribution in [2.75, 3.05) is 6.54 Å². The van der Waals surface area contributed by atoms with Gasteiger partial charge in [-0.05, 0) is 37.1 Å². The molecule has 7 nitrogen and oxygen atoms in total. The summed E-state index contributed by atoms with van der Waals surface area (Å²) in [4.78, 5) is 14.6. The molecule has 27 heavy (non-hydrogen) atoms. The van der Waals surface area contributed by atoms with E-state index in [-0.39, 0.29) is 37.4 Å². The lowest BCUT2D eigenvalue weighted by Gasteiger charge is -2.20. The Labute approximate surface area is 174 Å². The predicted molar refractivity (Wildman–Crippen MR) is 108 cm³/mol. The van der Waals surface area contributed by atoms with Crippen molar-refractivity contribution < 1.29 is 4.52 Å². The molecule has 1 unspecified atom stereocenters. The summed E-state index contributed by atoms with van der Waals surface area (Å²) < 4.78 is 5.09. The molecule has 4 rings (SSSR count). The average molecular weight is 432 g/mol. The largest absolute Gasteiger partial charge is 0.341 e. The molecule has 0 amide bonds. The van der Waals surface area contributed by atoms with Gasteiger partial charge in [0.1, 0.15) is 5.82 Å². The summed E-state index contributed by atoms with van der Waals surface area (Å²) in [6.45, 7) is 1.87. The lowest BCUT2D eigenvalue weighted by molar-refractivity contribution is 0.231. The van der Waals surface area contributed by atoms with Crippen molar-refractivity contribution >= 4 is 36.4 Å². The van der Waals surface area contributed by atoms with Crippen LogP contribution in [0.25, 0.3) is 11.3 Å². The Morgan fingerprint density at radius 1 is 1.26 bits per heavy atom. The van der Waals surface area contributed by atoms with Gasteiger partial charge in [-0.1, -0.05) is 28.9 Å². The monoisotopic (exact) mass is 430 g/mol. The summed E-state index contributed by atoms with van der Waals surface area (Å²) in [5.41, 5.74) is 7.58. The molecule has 0 aliphatic carbocycles. The maximum Gasteiger partial charge on any atom is 0.240 e. The van der Waals surface area contributed by atoms with Crippen molar-refractivity contribution in [3.05, 3.63) is 53.0 Å². The summed E-state index contributed by atoms with van der Waals surface area (Å²) in [5.74, 6) is 2.09. The van der Waals surface area contributed by atoms with E-state index in [4.69, 9.17) is 21.9 Å². The third-order valence-corrected chi connectivity index (χ3v) is 4.71. The Balaban J connectivity index is 0.00000131. The first kappa shape index (κ1) is 21.7. The molecule has 0 bridgehead atoms. The van der Waals surface area contributed by atoms with Crippen LogP contribution in [0, 0.1) is 0 Å². The molecule has 10 heteroatoms. The highest BCUT2D eigenvalue weighted by Gasteiger charge is 2.29. The molecule has 1 aliphatic heterocycles. The van der Waals surface area contributed by atoms with Gasteiger partial charge >= 0.3 is 0 Å². The molecule has 3 aromatic rings. The summed E-state index contributed by atoms with van der Waals surface area (Å²) in [5, 5.41) is 4.71. The van der Waals surface area contributed by atoms with Crippen LogP contribution < -0.4 is 5.73 Å². The van der Waals surface area contributed by atoms with Gasteiger partial charge in [-0.2, -0.15) is 4.98 Å². The van der Waals surface area contributed by atoms with Gasteiger partial charge in [0.15, 0.2) is 5.82 Å². The van der Waals surface area contributed by atoms with E-state index in [0.29, 0.717) is 18.3 Å². The minimum atomic E-state index is 0. The van der Waals surface area contributed by atoms with Crippen molar-refractivity contribution in [3.8, 4) is 11.3 Å². The Bertz CT molecular complexity index is 850. The van der Waals surface area contributed by atoms with Gasteiger partial charge in [-0.15, -0.1) is 24.8 Å². The molecule has 3 heterocycles. The molecule has 1 aromatic carbocycles. The SMILES string of the molecule is Cl.Cl.NCc1nc(CN2CCCC2c2ncc(-c3ccc(Cl)cc3)[nH]2)no1. The molecular formula is C17H21Cl3N6O. The topological polar surface area (TPSA) is 96.9 Å². The third-order valence-electron chi connectivity index (χ3n) is 4.46. The standard InChI is InChI=1S/C17H19ClN6O.2ClH/c18-12-5-3-11(4-6-12)13-9-20-17(21-13)14-2-1-7-24(14)10-15-22-16(8-19)25-23-15;;/h3-6,9,14H,1-2,7-8,10,19H2,(H,20,21);2*1H. The minimum Gasteiger partial charge on any atom is -0.341 e. The van der Waals surface area contributed by atoms with Gasteiger partial charge in [-0.25, -0.2) is 4.98 Å². The molecule has 1 saturated heterocycles. The third kappa shape index (κ3) is 4.80. The molecule has 146 valence electrons. The van der Waals surface area contributed by atoms with Crippen molar-refractivity contribution in [1.29, 1.82) is 0 Å². The number of aromatic nitrogens is 4. The smallest absolute Gasteiger partial charge is 0.240 e. The second-order valence-electron chi connectivity index (χ2n) is 6.13. The van der Waals surface area contributed by atoms with Crippen molar-refractivity contribution in [2.24, 2.45) is 5.73 Å². The van der Waals surface area contributed by atoms with E-state index < -0.39 is 0 Å². The quantitative estimate of drug-likeness (QED) is 0.638. The highest BCUT2D eigenvalue weighted by Crippen LogP contribution is 2.32. The van der Waals surface area contributed by atoms with Crippen molar-refractivity contribution in [3.63, 3.8) is 0 Å². The van der Waals surface area contributed by atoms with E-state index in [1.54, 1.807) is 0 Å². The molecule has 1 fully saturated rings. The molecule has 0 saturated carbocycles. The molecule has 1 atom stereocenters. The van der Waals surface area contributed by atoms with E-state index in [0.717, 1.165) is 41.5 Å². The Kier molecular flexibility index (Phi) is 7.64. The summed E-state index contributed by atoms with van der Waals surface area (Å²) in [6.07, 6.45) is 4.04. The van der Waals surface area contributed by atoms with Crippen LogP contribution in [-0.2, 0) is 13.1 Å². The first-order valence-electron chi connectivity index (χ1n) is 8.29. The molecule has 2 aromatic heterocycles. The number of hydrogen-bond acceptors (Lipinski definition) is 6. The van der Waals surface area contributed by atoms with Gasteiger partial charge in [0.25, 0.3) is 0 Å². The average Bonchev–Trinajstić information content (AvgIpc) is 3.36. The normalized spacial score (nSPS) is 16.7. The first-order chi connectivity index (χ1) is 12.2. The highest BCUT2D eigenvalue weighted by atomic mass is 35.5. The molecule has 1 aliphatic rings. The van der Waals surface area contributed by atoms with Crippen LogP contribution in [0.4, 0.5) is 0 Å². The maximum atomic E-state index is 5.96. The maximum absolute atomic E-state index is 5.96. The van der Waals surface area contributed by atoms with Crippen LogP contribution in [-0.4, -0.2) is 31.6 Å². The fourth-order valence-corrected chi connectivity index (χ4v) is 3.35. The number of likely N-dealkylation sites (tertiary alicyclic amines) is 1. The van der Waals surface area contributed by atoms with E-state index in [1.807, 2.05) is 30.5 Å². The lowest BCUT2D eigenvalue weighted by Crippen LogP contribution is -2.24. The number of benzene rings is 1. The molecular weight excluding hydrogens is 411 g/mol. The van der Waals surface area contributed by atoms with Crippen molar-refractivity contribution in [1.82, 2.24) is 25.0 Å². The Morgan fingerprint density at radius 2 is 2.04 bits per heavy atom. The van der Waals surface area contributed by atoms with Gasteiger partial charge in [0.05, 0.1) is 31.0 Å². The number of H-pyrrole nitrogens is 1. The fraction of sp³-hybridized carbons (Fsp3) is 0.353. The number of nitrogens with one attached hydrogen (secondary N) is 1. The number of halogens is 3.